The highest BCUT2D eigenvalue weighted by Crippen LogP contribution is 2.25. The molecule has 2 aromatic heterocycles. The van der Waals surface area contributed by atoms with Gasteiger partial charge in [0.25, 0.3) is 5.91 Å². The third kappa shape index (κ3) is 4.70. The normalized spacial score (nSPS) is 15.7. The molecule has 0 spiro atoms. The number of hydrogen-bond acceptors (Lipinski definition) is 6. The Balaban J connectivity index is 1.66. The molecule has 152 valence electrons. The summed E-state index contributed by atoms with van der Waals surface area (Å²) in [6.45, 7) is 10.3. The van der Waals surface area contributed by atoms with Crippen LogP contribution >= 0.6 is 0 Å². The van der Waals surface area contributed by atoms with Crippen LogP contribution in [0.1, 0.15) is 61.2 Å². The van der Waals surface area contributed by atoms with Crippen molar-refractivity contribution in [3.63, 3.8) is 0 Å². The molecule has 0 saturated carbocycles. The lowest BCUT2D eigenvalue weighted by atomic mass is 9.95. The van der Waals surface area contributed by atoms with Crippen molar-refractivity contribution >= 4 is 11.7 Å². The van der Waals surface area contributed by atoms with Crippen LogP contribution in [0.3, 0.4) is 0 Å². The van der Waals surface area contributed by atoms with E-state index in [0.29, 0.717) is 17.9 Å². The Morgan fingerprint density at radius 3 is 2.61 bits per heavy atom. The predicted octanol–water partition coefficient (Wildman–Crippen LogP) is 3.22. The van der Waals surface area contributed by atoms with E-state index in [9.17, 15) is 4.79 Å². The summed E-state index contributed by atoms with van der Waals surface area (Å²) in [6, 6.07) is 3.87. The van der Waals surface area contributed by atoms with Crippen molar-refractivity contribution in [2.45, 2.75) is 58.6 Å². The zero-order chi connectivity index (χ0) is 20.3. The number of aromatic nitrogens is 2. The summed E-state index contributed by atoms with van der Waals surface area (Å²) in [7, 11) is 1.68. The minimum Gasteiger partial charge on any atom is -0.469 e. The zero-order valence-electron chi connectivity index (χ0n) is 17.4. The highest BCUT2D eigenvalue weighted by molar-refractivity contribution is 5.95. The number of amides is 1. The van der Waals surface area contributed by atoms with Crippen LogP contribution in [0.2, 0.25) is 0 Å². The molecular weight excluding hydrogens is 356 g/mol. The van der Waals surface area contributed by atoms with Crippen molar-refractivity contribution in [3.8, 4) is 0 Å². The van der Waals surface area contributed by atoms with Crippen LogP contribution in [0.4, 0.5) is 5.82 Å². The summed E-state index contributed by atoms with van der Waals surface area (Å²) in [4.78, 5) is 24.1. The summed E-state index contributed by atoms with van der Waals surface area (Å²) < 4.78 is 10.5. The summed E-state index contributed by atoms with van der Waals surface area (Å²) in [5.41, 5.74) is 1.37. The number of carbonyl (C=O) groups excluding carboxylic acids is 1. The monoisotopic (exact) mass is 386 g/mol. The Kier molecular flexibility index (Phi) is 6.03. The molecule has 0 bridgehead atoms. The second kappa shape index (κ2) is 8.31. The molecule has 2 aromatic rings. The smallest absolute Gasteiger partial charge is 0.255 e. The van der Waals surface area contributed by atoms with E-state index in [1.807, 2.05) is 6.07 Å². The molecule has 1 saturated heterocycles. The Bertz CT molecular complexity index is 817. The molecule has 1 aliphatic rings. The van der Waals surface area contributed by atoms with Gasteiger partial charge >= 0.3 is 0 Å². The number of ether oxygens (including phenoxy) is 1. The Morgan fingerprint density at radius 2 is 2.04 bits per heavy atom. The maximum Gasteiger partial charge on any atom is 0.255 e. The molecule has 1 N–H and O–H groups in total. The van der Waals surface area contributed by atoms with Crippen LogP contribution in [0.25, 0.3) is 0 Å². The largest absolute Gasteiger partial charge is 0.469 e. The van der Waals surface area contributed by atoms with E-state index in [1.165, 1.54) is 0 Å². The quantitative estimate of drug-likeness (QED) is 0.850. The molecule has 7 nitrogen and oxygen atoms in total. The average molecular weight is 386 g/mol. The van der Waals surface area contributed by atoms with Crippen molar-refractivity contribution in [1.29, 1.82) is 0 Å². The molecule has 0 aliphatic carbocycles. The van der Waals surface area contributed by atoms with Crippen LogP contribution in [-0.4, -0.2) is 42.1 Å². The minimum atomic E-state index is -0.132. The average Bonchev–Trinajstić information content (AvgIpc) is 3.08. The fourth-order valence-corrected chi connectivity index (χ4v) is 3.34. The Labute approximate surface area is 166 Å². The summed E-state index contributed by atoms with van der Waals surface area (Å²) in [5, 5.41) is 3.12. The van der Waals surface area contributed by atoms with Gasteiger partial charge in [0.15, 0.2) is 0 Å². The standard InChI is InChI=1S/C21H30N4O3/c1-14-17(8-11-28-14)19(26)22-15-6-9-25(10-7-15)18-12-16(13-27-5)23-20(24-18)21(2,3)4/h8,11-12,15H,6-7,9-10,13H2,1-5H3,(H,22,26). The number of methoxy groups -OCH3 is 1. The fraction of sp³-hybridized carbons (Fsp3) is 0.571. The lowest BCUT2D eigenvalue weighted by Gasteiger charge is -2.34. The first-order valence-corrected chi connectivity index (χ1v) is 9.75. The van der Waals surface area contributed by atoms with Crippen molar-refractivity contribution < 1.29 is 13.9 Å². The maximum atomic E-state index is 12.4. The lowest BCUT2D eigenvalue weighted by Crippen LogP contribution is -2.45. The number of rotatable bonds is 5. The molecule has 0 aromatic carbocycles. The van der Waals surface area contributed by atoms with Crippen LogP contribution in [0.15, 0.2) is 22.8 Å². The highest BCUT2D eigenvalue weighted by atomic mass is 16.5. The second-order valence-corrected chi connectivity index (χ2v) is 8.35. The third-order valence-electron chi connectivity index (χ3n) is 4.99. The molecule has 1 aliphatic heterocycles. The van der Waals surface area contributed by atoms with Gasteiger partial charge in [-0.1, -0.05) is 20.8 Å². The number of nitrogens with one attached hydrogen (secondary N) is 1. The van der Waals surface area contributed by atoms with Gasteiger partial charge in [0, 0.05) is 37.7 Å². The van der Waals surface area contributed by atoms with E-state index < -0.39 is 0 Å². The summed E-state index contributed by atoms with van der Waals surface area (Å²) in [6.07, 6.45) is 3.29. The molecule has 1 fully saturated rings. The van der Waals surface area contributed by atoms with Gasteiger partial charge in [-0.25, -0.2) is 9.97 Å². The van der Waals surface area contributed by atoms with Gasteiger partial charge in [0.2, 0.25) is 0 Å². The van der Waals surface area contributed by atoms with E-state index in [1.54, 1.807) is 26.4 Å². The highest BCUT2D eigenvalue weighted by Gasteiger charge is 2.25. The molecule has 0 atom stereocenters. The van der Waals surface area contributed by atoms with Gasteiger partial charge in [0.1, 0.15) is 17.4 Å². The van der Waals surface area contributed by atoms with Crippen LogP contribution < -0.4 is 10.2 Å². The van der Waals surface area contributed by atoms with Gasteiger partial charge in [-0.2, -0.15) is 0 Å². The first-order chi connectivity index (χ1) is 13.3. The van der Waals surface area contributed by atoms with E-state index >= 15 is 0 Å². The van der Waals surface area contributed by atoms with Crippen LogP contribution in [0.5, 0.6) is 0 Å². The van der Waals surface area contributed by atoms with Gasteiger partial charge < -0.3 is 19.4 Å². The van der Waals surface area contributed by atoms with Crippen LogP contribution in [0, 0.1) is 6.92 Å². The zero-order valence-corrected chi connectivity index (χ0v) is 17.4. The van der Waals surface area contributed by atoms with Crippen molar-refractivity contribution in [2.75, 3.05) is 25.1 Å². The minimum absolute atomic E-state index is 0.0656. The molecule has 3 heterocycles. The molecule has 7 heteroatoms. The van der Waals surface area contributed by atoms with Gasteiger partial charge in [-0.15, -0.1) is 0 Å². The topological polar surface area (TPSA) is 80.5 Å². The van der Waals surface area contributed by atoms with Crippen molar-refractivity contribution in [1.82, 2.24) is 15.3 Å². The number of furan rings is 1. The molecular formula is C21H30N4O3. The third-order valence-corrected chi connectivity index (χ3v) is 4.99. The fourth-order valence-electron chi connectivity index (χ4n) is 3.34. The maximum absolute atomic E-state index is 12.4. The molecule has 0 unspecified atom stereocenters. The van der Waals surface area contributed by atoms with E-state index in [4.69, 9.17) is 14.1 Å². The van der Waals surface area contributed by atoms with Gasteiger partial charge in [0.05, 0.1) is 24.1 Å². The first kappa shape index (κ1) is 20.3. The van der Waals surface area contributed by atoms with Gasteiger partial charge in [-0.05, 0) is 25.8 Å². The van der Waals surface area contributed by atoms with E-state index in [0.717, 1.165) is 43.3 Å². The molecule has 28 heavy (non-hydrogen) atoms. The first-order valence-electron chi connectivity index (χ1n) is 9.75. The number of nitrogens with zero attached hydrogens (tertiary/aromatic N) is 3. The lowest BCUT2D eigenvalue weighted by molar-refractivity contribution is 0.0929. The number of piperidine rings is 1. The predicted molar refractivity (Wildman–Crippen MR) is 108 cm³/mol. The van der Waals surface area contributed by atoms with Gasteiger partial charge in [-0.3, -0.25) is 4.79 Å². The van der Waals surface area contributed by atoms with Crippen LogP contribution in [-0.2, 0) is 16.8 Å². The van der Waals surface area contributed by atoms with E-state index in [2.05, 4.69) is 36.0 Å². The summed E-state index contributed by atoms with van der Waals surface area (Å²) in [5.74, 6) is 2.34. The molecule has 1 amide bonds. The number of hydrogen-bond donors (Lipinski definition) is 1. The SMILES string of the molecule is COCc1cc(N2CCC(NC(=O)c3ccoc3C)CC2)nc(C(C)(C)C)n1. The molecule has 3 rings (SSSR count). The number of anilines is 1. The number of aryl methyl sites for hydroxylation is 1. The Hall–Kier alpha value is -2.41. The Morgan fingerprint density at radius 1 is 1.32 bits per heavy atom. The van der Waals surface area contributed by atoms with E-state index in [-0.39, 0.29) is 17.4 Å². The second-order valence-electron chi connectivity index (χ2n) is 8.35. The van der Waals surface area contributed by atoms with Crippen molar-refractivity contribution in [2.24, 2.45) is 0 Å². The van der Waals surface area contributed by atoms with Crippen molar-refractivity contribution in [3.05, 3.63) is 41.2 Å². The summed E-state index contributed by atoms with van der Waals surface area (Å²) >= 11 is 0. The molecule has 0 radical (unpaired) electrons. The number of carbonyl (C=O) groups is 1.